The second-order valence-corrected chi connectivity index (χ2v) is 6.21. The summed E-state index contributed by atoms with van der Waals surface area (Å²) in [6.45, 7) is 2.27. The normalized spacial score (nSPS) is 27.1. The van der Waals surface area contributed by atoms with E-state index in [2.05, 4.69) is 0 Å². The third-order valence-electron chi connectivity index (χ3n) is 2.46. The highest BCUT2D eigenvalue weighted by Gasteiger charge is 2.30. The van der Waals surface area contributed by atoms with Crippen LogP contribution < -0.4 is 0 Å². The summed E-state index contributed by atoms with van der Waals surface area (Å²) in [6.07, 6.45) is 1.43. The predicted molar refractivity (Wildman–Crippen MR) is 64.0 cm³/mol. The summed E-state index contributed by atoms with van der Waals surface area (Å²) in [5.41, 5.74) is 0.563. The number of nitrogens with zero attached hydrogens (tertiary/aromatic N) is 1. The summed E-state index contributed by atoms with van der Waals surface area (Å²) < 4.78 is 0. The zero-order valence-electron chi connectivity index (χ0n) is 8.56. The minimum Gasteiger partial charge on any atom is -0.274 e. The van der Waals surface area contributed by atoms with Gasteiger partial charge in [-0.15, -0.1) is 0 Å². The summed E-state index contributed by atoms with van der Waals surface area (Å²) in [5.74, 6) is 3.09. The highest BCUT2D eigenvalue weighted by atomic mass is 32.2. The molecule has 1 atom stereocenters. The Hall–Kier alpha value is -0.420. The van der Waals surface area contributed by atoms with Crippen molar-refractivity contribution in [1.29, 1.82) is 0 Å². The second-order valence-electron chi connectivity index (χ2n) is 3.65. The zero-order valence-corrected chi connectivity index (χ0v) is 10.2. The topological polar surface area (TPSA) is 37.4 Å². The van der Waals surface area contributed by atoms with Crippen LogP contribution in [0.2, 0.25) is 0 Å². The van der Waals surface area contributed by atoms with Crippen LogP contribution in [0.3, 0.4) is 0 Å². The monoisotopic (exact) mass is 243 g/mol. The molecule has 1 unspecified atom stereocenters. The number of imide groups is 1. The van der Waals surface area contributed by atoms with Crippen molar-refractivity contribution >= 4 is 35.3 Å². The first-order chi connectivity index (χ1) is 7.18. The lowest BCUT2D eigenvalue weighted by Gasteiger charge is -2.25. The quantitative estimate of drug-likeness (QED) is 0.682. The molecule has 0 spiro atoms. The molecule has 0 aromatic carbocycles. The van der Waals surface area contributed by atoms with Crippen LogP contribution in [-0.4, -0.2) is 45.8 Å². The van der Waals surface area contributed by atoms with Crippen molar-refractivity contribution in [3.8, 4) is 0 Å². The Morgan fingerprint density at radius 1 is 1.47 bits per heavy atom. The molecule has 2 rings (SSSR count). The lowest BCUT2D eigenvalue weighted by Crippen LogP contribution is -2.38. The summed E-state index contributed by atoms with van der Waals surface area (Å²) in [5, 5.41) is 0.413. The molecule has 2 heterocycles. The van der Waals surface area contributed by atoms with Crippen LogP contribution in [0.5, 0.6) is 0 Å². The van der Waals surface area contributed by atoms with Crippen molar-refractivity contribution < 1.29 is 9.59 Å². The smallest absolute Gasteiger partial charge is 0.256 e. The Bertz CT molecular complexity index is 321. The molecule has 0 bridgehead atoms. The molecule has 3 nitrogen and oxygen atoms in total. The minimum atomic E-state index is -0.145. The van der Waals surface area contributed by atoms with E-state index >= 15 is 0 Å². The number of hydrogen-bond acceptors (Lipinski definition) is 4. The molecule has 1 fully saturated rings. The second kappa shape index (κ2) is 4.61. The van der Waals surface area contributed by atoms with Gasteiger partial charge >= 0.3 is 0 Å². The van der Waals surface area contributed by atoms with Crippen molar-refractivity contribution in [2.45, 2.75) is 12.2 Å². The van der Waals surface area contributed by atoms with E-state index < -0.39 is 0 Å². The summed E-state index contributed by atoms with van der Waals surface area (Å²) in [6, 6.07) is 0. The van der Waals surface area contributed by atoms with Crippen LogP contribution >= 0.6 is 23.5 Å². The average molecular weight is 243 g/mol. The van der Waals surface area contributed by atoms with Gasteiger partial charge in [-0.1, -0.05) is 0 Å². The molecule has 2 amide bonds. The molecule has 0 aromatic rings. The van der Waals surface area contributed by atoms with Gasteiger partial charge < -0.3 is 0 Å². The fourth-order valence-corrected chi connectivity index (χ4v) is 4.31. The van der Waals surface area contributed by atoms with Gasteiger partial charge in [0.1, 0.15) is 0 Å². The summed E-state index contributed by atoms with van der Waals surface area (Å²) >= 11 is 3.77. The number of amides is 2. The van der Waals surface area contributed by atoms with Crippen molar-refractivity contribution in [3.63, 3.8) is 0 Å². The molecule has 5 heteroatoms. The standard InChI is InChI=1S/C10H13NO2S2/c1-7-4-9(12)11(10(7)13)5-8-6-14-2-3-15-8/h4,8H,2-3,5-6H2,1H3. The zero-order chi connectivity index (χ0) is 10.8. The van der Waals surface area contributed by atoms with Crippen LogP contribution in [0, 0.1) is 0 Å². The summed E-state index contributed by atoms with van der Waals surface area (Å²) in [4.78, 5) is 24.5. The van der Waals surface area contributed by atoms with Gasteiger partial charge in [0.05, 0.1) is 0 Å². The first-order valence-corrected chi connectivity index (χ1v) is 7.12. The molecular formula is C10H13NO2S2. The lowest BCUT2D eigenvalue weighted by molar-refractivity contribution is -0.137. The molecule has 0 N–H and O–H groups in total. The van der Waals surface area contributed by atoms with Gasteiger partial charge in [0, 0.05) is 40.7 Å². The van der Waals surface area contributed by atoms with E-state index in [9.17, 15) is 9.59 Å². The van der Waals surface area contributed by atoms with Gasteiger partial charge in [-0.25, -0.2) is 0 Å². The molecule has 82 valence electrons. The third kappa shape index (κ3) is 2.39. The van der Waals surface area contributed by atoms with E-state index in [1.807, 2.05) is 23.5 Å². The van der Waals surface area contributed by atoms with Crippen LogP contribution in [0.15, 0.2) is 11.6 Å². The molecule has 0 aliphatic carbocycles. The number of thioether (sulfide) groups is 2. The predicted octanol–water partition coefficient (Wildman–Crippen LogP) is 1.15. The molecule has 0 saturated carbocycles. The van der Waals surface area contributed by atoms with Gasteiger partial charge in [0.2, 0.25) is 0 Å². The van der Waals surface area contributed by atoms with E-state index in [0.717, 1.165) is 11.5 Å². The van der Waals surface area contributed by atoms with Crippen molar-refractivity contribution in [2.24, 2.45) is 0 Å². The van der Waals surface area contributed by atoms with E-state index in [1.54, 1.807) is 6.92 Å². The fraction of sp³-hybridized carbons (Fsp3) is 0.600. The van der Waals surface area contributed by atoms with Crippen molar-refractivity contribution in [3.05, 3.63) is 11.6 Å². The van der Waals surface area contributed by atoms with Crippen LogP contribution in [0.25, 0.3) is 0 Å². The summed E-state index contributed by atoms with van der Waals surface area (Å²) in [7, 11) is 0. The van der Waals surface area contributed by atoms with Gasteiger partial charge in [-0.3, -0.25) is 14.5 Å². The molecule has 15 heavy (non-hydrogen) atoms. The molecule has 2 aliphatic rings. The van der Waals surface area contributed by atoms with E-state index in [-0.39, 0.29) is 11.8 Å². The lowest BCUT2D eigenvalue weighted by atomic mass is 10.3. The maximum Gasteiger partial charge on any atom is 0.256 e. The van der Waals surface area contributed by atoms with E-state index in [0.29, 0.717) is 17.4 Å². The minimum absolute atomic E-state index is 0.115. The van der Waals surface area contributed by atoms with E-state index in [1.165, 1.54) is 16.7 Å². The fourth-order valence-electron chi connectivity index (χ4n) is 1.66. The van der Waals surface area contributed by atoms with Gasteiger partial charge in [-0.05, 0) is 6.92 Å². The molecular weight excluding hydrogens is 230 g/mol. The first-order valence-electron chi connectivity index (χ1n) is 4.92. The van der Waals surface area contributed by atoms with Crippen LogP contribution in [0.1, 0.15) is 6.92 Å². The molecule has 2 aliphatic heterocycles. The first kappa shape index (κ1) is 11.1. The Balaban J connectivity index is 1.95. The van der Waals surface area contributed by atoms with Gasteiger partial charge in [-0.2, -0.15) is 23.5 Å². The Labute approximate surface area is 97.7 Å². The van der Waals surface area contributed by atoms with Gasteiger partial charge in [0.25, 0.3) is 11.8 Å². The average Bonchev–Trinajstić information content (AvgIpc) is 2.47. The Morgan fingerprint density at radius 3 is 2.80 bits per heavy atom. The maximum absolute atomic E-state index is 11.6. The van der Waals surface area contributed by atoms with Crippen LogP contribution in [-0.2, 0) is 9.59 Å². The Morgan fingerprint density at radius 2 is 2.27 bits per heavy atom. The third-order valence-corrected chi connectivity index (χ3v) is 5.29. The van der Waals surface area contributed by atoms with E-state index in [4.69, 9.17) is 0 Å². The number of hydrogen-bond donors (Lipinski definition) is 0. The van der Waals surface area contributed by atoms with Crippen molar-refractivity contribution in [1.82, 2.24) is 4.90 Å². The van der Waals surface area contributed by atoms with Crippen molar-refractivity contribution in [2.75, 3.05) is 23.8 Å². The molecule has 0 radical (unpaired) electrons. The SMILES string of the molecule is CC1=CC(=O)N(CC2CSCCS2)C1=O. The largest absolute Gasteiger partial charge is 0.274 e. The number of rotatable bonds is 2. The van der Waals surface area contributed by atoms with Gasteiger partial charge in [0.15, 0.2) is 0 Å². The molecule has 1 saturated heterocycles. The highest BCUT2D eigenvalue weighted by Crippen LogP contribution is 2.26. The maximum atomic E-state index is 11.6. The number of carbonyl (C=O) groups excluding carboxylic acids is 2. The van der Waals surface area contributed by atoms with Crippen LogP contribution in [0.4, 0.5) is 0 Å². The number of carbonyl (C=O) groups is 2. The Kier molecular flexibility index (Phi) is 3.41. The highest BCUT2D eigenvalue weighted by molar-refractivity contribution is 8.06. The molecule has 0 aromatic heterocycles.